The Kier molecular flexibility index (Phi) is 2.71. The smallest absolute Gasteiger partial charge is 0.248 e. The lowest BCUT2D eigenvalue weighted by atomic mass is 9.97. The number of hydrogen-bond donors (Lipinski definition) is 1. The molecular formula is C11H13NO3S. The fourth-order valence-electron chi connectivity index (χ4n) is 2.04. The van der Waals surface area contributed by atoms with Crippen molar-refractivity contribution in [3.8, 4) is 0 Å². The van der Waals surface area contributed by atoms with E-state index >= 15 is 0 Å². The van der Waals surface area contributed by atoms with Crippen LogP contribution in [0.1, 0.15) is 15.9 Å². The Balaban J connectivity index is 2.13. The van der Waals surface area contributed by atoms with Gasteiger partial charge in [0.15, 0.2) is 9.84 Å². The van der Waals surface area contributed by atoms with E-state index in [-0.39, 0.29) is 17.4 Å². The van der Waals surface area contributed by atoms with E-state index in [1.807, 2.05) is 12.1 Å². The highest BCUT2D eigenvalue weighted by Gasteiger charge is 2.33. The number of nitrogens with two attached hydrogens (primary N) is 1. The summed E-state index contributed by atoms with van der Waals surface area (Å²) in [5.74, 6) is 0.114. The van der Waals surface area contributed by atoms with Gasteiger partial charge in [-0.15, -0.1) is 0 Å². The van der Waals surface area contributed by atoms with Crippen LogP contribution in [0.2, 0.25) is 0 Å². The highest BCUT2D eigenvalue weighted by Crippen LogP contribution is 2.24. The number of carbonyl (C=O) groups is 1. The van der Waals surface area contributed by atoms with E-state index in [4.69, 9.17) is 5.73 Å². The molecule has 0 bridgehead atoms. The second kappa shape index (κ2) is 3.90. The summed E-state index contributed by atoms with van der Waals surface area (Å²) >= 11 is 0. The van der Waals surface area contributed by atoms with Crippen molar-refractivity contribution in [1.82, 2.24) is 0 Å². The standard InChI is InChI=1S/C11H13NO3S/c12-11(13)10-4-2-1-3-9(10)5-8-6-16(14,15)7-8/h1-4,8H,5-7H2,(H2,12,13). The quantitative estimate of drug-likeness (QED) is 0.828. The van der Waals surface area contributed by atoms with Crippen LogP contribution in [0, 0.1) is 5.92 Å². The summed E-state index contributed by atoms with van der Waals surface area (Å²) in [5, 5.41) is 0. The van der Waals surface area contributed by atoms with E-state index < -0.39 is 15.7 Å². The maximum atomic E-state index is 11.1. The van der Waals surface area contributed by atoms with Gasteiger partial charge in [-0.05, 0) is 24.0 Å². The molecule has 0 radical (unpaired) electrons. The second-order valence-electron chi connectivity index (χ2n) is 4.17. The van der Waals surface area contributed by atoms with E-state index in [2.05, 4.69) is 0 Å². The Labute approximate surface area is 94.4 Å². The summed E-state index contributed by atoms with van der Waals surface area (Å²) in [5.41, 5.74) is 6.58. The third kappa shape index (κ3) is 2.24. The fraction of sp³-hybridized carbons (Fsp3) is 0.364. The third-order valence-corrected chi connectivity index (χ3v) is 4.73. The van der Waals surface area contributed by atoms with E-state index in [0.717, 1.165) is 5.56 Å². The Morgan fingerprint density at radius 1 is 1.31 bits per heavy atom. The SMILES string of the molecule is NC(=O)c1ccccc1CC1CS(=O)(=O)C1. The van der Waals surface area contributed by atoms with Gasteiger partial charge in [0.1, 0.15) is 0 Å². The van der Waals surface area contributed by atoms with Crippen molar-refractivity contribution in [2.45, 2.75) is 6.42 Å². The third-order valence-electron chi connectivity index (χ3n) is 2.77. The molecule has 1 amide bonds. The van der Waals surface area contributed by atoms with Gasteiger partial charge in [0, 0.05) is 5.56 Å². The molecule has 16 heavy (non-hydrogen) atoms. The Bertz CT molecular complexity index is 510. The molecule has 1 aliphatic rings. The minimum absolute atomic E-state index is 0.130. The molecule has 1 fully saturated rings. The van der Waals surface area contributed by atoms with Gasteiger partial charge in [-0.1, -0.05) is 18.2 Å². The van der Waals surface area contributed by atoms with Crippen molar-refractivity contribution < 1.29 is 13.2 Å². The lowest BCUT2D eigenvalue weighted by molar-refractivity contribution is 0.0999. The second-order valence-corrected chi connectivity index (χ2v) is 6.32. The molecule has 0 saturated carbocycles. The summed E-state index contributed by atoms with van der Waals surface area (Å²) in [7, 11) is -2.80. The van der Waals surface area contributed by atoms with Gasteiger partial charge >= 0.3 is 0 Å². The first kappa shape index (κ1) is 11.1. The first-order chi connectivity index (χ1) is 7.48. The molecule has 1 aliphatic heterocycles. The maximum Gasteiger partial charge on any atom is 0.248 e. The zero-order valence-electron chi connectivity index (χ0n) is 8.72. The van der Waals surface area contributed by atoms with Crippen molar-refractivity contribution in [1.29, 1.82) is 0 Å². The van der Waals surface area contributed by atoms with Gasteiger partial charge in [-0.3, -0.25) is 4.79 Å². The summed E-state index contributed by atoms with van der Waals surface area (Å²) in [6, 6.07) is 7.08. The molecule has 2 rings (SSSR count). The molecule has 1 aromatic rings. The van der Waals surface area contributed by atoms with Gasteiger partial charge in [0.05, 0.1) is 11.5 Å². The van der Waals surface area contributed by atoms with Crippen LogP contribution in [-0.2, 0) is 16.3 Å². The van der Waals surface area contributed by atoms with Gasteiger partial charge in [-0.25, -0.2) is 8.42 Å². The van der Waals surface area contributed by atoms with Crippen molar-refractivity contribution >= 4 is 15.7 Å². The molecule has 1 heterocycles. The molecule has 4 nitrogen and oxygen atoms in total. The fourth-order valence-corrected chi connectivity index (χ4v) is 3.61. The van der Waals surface area contributed by atoms with E-state index in [0.29, 0.717) is 12.0 Å². The Morgan fingerprint density at radius 3 is 2.50 bits per heavy atom. The first-order valence-electron chi connectivity index (χ1n) is 5.06. The summed E-state index contributed by atoms with van der Waals surface area (Å²) in [6.45, 7) is 0. The van der Waals surface area contributed by atoms with E-state index in [1.165, 1.54) is 0 Å². The average Bonchev–Trinajstić information content (AvgIpc) is 2.15. The minimum Gasteiger partial charge on any atom is -0.366 e. The van der Waals surface area contributed by atoms with Gasteiger partial charge in [-0.2, -0.15) is 0 Å². The number of carbonyl (C=O) groups excluding carboxylic acids is 1. The number of amides is 1. The number of primary amides is 1. The van der Waals surface area contributed by atoms with E-state index in [9.17, 15) is 13.2 Å². The normalized spacial score (nSPS) is 19.0. The largest absolute Gasteiger partial charge is 0.366 e. The van der Waals surface area contributed by atoms with Gasteiger partial charge < -0.3 is 5.73 Å². The molecule has 0 atom stereocenters. The van der Waals surface area contributed by atoms with Crippen LogP contribution in [-0.4, -0.2) is 25.8 Å². The molecule has 86 valence electrons. The van der Waals surface area contributed by atoms with Crippen LogP contribution in [0.25, 0.3) is 0 Å². The van der Waals surface area contributed by atoms with Crippen LogP contribution in [0.5, 0.6) is 0 Å². The molecule has 5 heteroatoms. The van der Waals surface area contributed by atoms with Crippen molar-refractivity contribution in [2.75, 3.05) is 11.5 Å². The topological polar surface area (TPSA) is 77.2 Å². The predicted molar refractivity (Wildman–Crippen MR) is 60.8 cm³/mol. The Morgan fingerprint density at radius 2 is 1.94 bits per heavy atom. The van der Waals surface area contributed by atoms with Crippen LogP contribution < -0.4 is 5.73 Å². The van der Waals surface area contributed by atoms with Crippen LogP contribution >= 0.6 is 0 Å². The average molecular weight is 239 g/mol. The highest BCUT2D eigenvalue weighted by molar-refractivity contribution is 7.92. The molecule has 0 unspecified atom stereocenters. The maximum absolute atomic E-state index is 11.1. The lowest BCUT2D eigenvalue weighted by Gasteiger charge is -2.26. The molecule has 0 spiro atoms. The molecule has 0 aromatic heterocycles. The van der Waals surface area contributed by atoms with Gasteiger partial charge in [0.2, 0.25) is 5.91 Å². The summed E-state index contributed by atoms with van der Waals surface area (Å²) in [4.78, 5) is 11.1. The van der Waals surface area contributed by atoms with Crippen LogP contribution in [0.15, 0.2) is 24.3 Å². The monoisotopic (exact) mass is 239 g/mol. The number of sulfone groups is 1. The summed E-state index contributed by atoms with van der Waals surface area (Å²) in [6.07, 6.45) is 0.609. The number of benzene rings is 1. The minimum atomic E-state index is -2.80. The van der Waals surface area contributed by atoms with Crippen LogP contribution in [0.3, 0.4) is 0 Å². The first-order valence-corrected chi connectivity index (χ1v) is 6.88. The molecule has 0 aliphatic carbocycles. The van der Waals surface area contributed by atoms with Crippen molar-refractivity contribution in [3.05, 3.63) is 35.4 Å². The van der Waals surface area contributed by atoms with Gasteiger partial charge in [0.25, 0.3) is 0 Å². The van der Waals surface area contributed by atoms with Crippen LogP contribution in [0.4, 0.5) is 0 Å². The molecule has 2 N–H and O–H groups in total. The molecule has 1 aromatic carbocycles. The number of rotatable bonds is 3. The van der Waals surface area contributed by atoms with E-state index in [1.54, 1.807) is 12.1 Å². The molecular weight excluding hydrogens is 226 g/mol. The zero-order chi connectivity index (χ0) is 11.8. The zero-order valence-corrected chi connectivity index (χ0v) is 9.53. The van der Waals surface area contributed by atoms with Crippen molar-refractivity contribution in [3.63, 3.8) is 0 Å². The predicted octanol–water partition coefficient (Wildman–Crippen LogP) is 0.373. The Hall–Kier alpha value is -1.36. The highest BCUT2D eigenvalue weighted by atomic mass is 32.2. The van der Waals surface area contributed by atoms with Crippen molar-refractivity contribution in [2.24, 2.45) is 11.7 Å². The molecule has 1 saturated heterocycles. The lowest BCUT2D eigenvalue weighted by Crippen LogP contribution is -2.37. The summed E-state index contributed by atoms with van der Waals surface area (Å²) < 4.78 is 22.0. The number of hydrogen-bond acceptors (Lipinski definition) is 3.